The second-order valence-electron chi connectivity index (χ2n) is 5.37. The van der Waals surface area contributed by atoms with Crippen LogP contribution in [-0.2, 0) is 0 Å². The average molecular weight is 343 g/mol. The molecule has 6 heteroatoms. The third-order valence-corrected chi connectivity index (χ3v) is 4.60. The number of nitrogens with two attached hydrogens (primary N) is 1. The Hall–Kier alpha value is -0.980. The summed E-state index contributed by atoms with van der Waals surface area (Å²) in [7, 11) is 0. The van der Waals surface area contributed by atoms with E-state index in [-0.39, 0.29) is 18.4 Å². The predicted molar refractivity (Wildman–Crippen MR) is 84.1 cm³/mol. The highest BCUT2D eigenvalue weighted by Gasteiger charge is 2.20. The molecule has 0 aliphatic heterocycles. The molecule has 0 fully saturated rings. The van der Waals surface area contributed by atoms with Gasteiger partial charge in [0.05, 0.1) is 6.54 Å². The zero-order valence-electron chi connectivity index (χ0n) is 12.8. The van der Waals surface area contributed by atoms with Crippen molar-refractivity contribution >= 4 is 11.3 Å². The van der Waals surface area contributed by atoms with Crippen LogP contribution in [0.4, 0.5) is 0 Å². The molecule has 122 valence electrons. The minimum absolute atomic E-state index is 0. The van der Waals surface area contributed by atoms with Crippen LogP contribution in [0.25, 0.3) is 0 Å². The van der Waals surface area contributed by atoms with Gasteiger partial charge >= 0.3 is 0 Å². The highest BCUT2D eigenvalue weighted by Crippen LogP contribution is 2.20. The number of hydrogen-bond acceptors (Lipinski definition) is 4. The molecule has 1 aromatic heterocycles. The maximum absolute atomic E-state index is 10.3. The van der Waals surface area contributed by atoms with Crippen molar-refractivity contribution in [1.82, 2.24) is 4.98 Å². The standard InChI is InChI=1S/C16H22N2O2S.ClH/c1-11-10-21-16(18-11)14(19)8-9-17-12(2)15(20)13-6-4-3-5-7-13;/h3-7,10,12,14-15,17,19-20H,8-9H2,1-2H3;1H. The summed E-state index contributed by atoms with van der Waals surface area (Å²) in [5, 5.41) is 25.1. The van der Waals surface area contributed by atoms with Crippen molar-refractivity contribution in [3.63, 3.8) is 0 Å². The number of nitrogens with zero attached hydrogens (tertiary/aromatic N) is 1. The number of rotatable bonds is 7. The van der Waals surface area contributed by atoms with E-state index < -0.39 is 12.2 Å². The van der Waals surface area contributed by atoms with E-state index in [4.69, 9.17) is 0 Å². The molecular weight excluding hydrogens is 320 g/mol. The number of benzene rings is 1. The first-order valence-electron chi connectivity index (χ1n) is 7.24. The second-order valence-corrected chi connectivity index (χ2v) is 6.26. The Balaban J connectivity index is 0.00000242. The molecule has 1 aromatic carbocycles. The Kier molecular flexibility index (Phi) is 8.00. The molecule has 1 heterocycles. The monoisotopic (exact) mass is 342 g/mol. The van der Waals surface area contributed by atoms with Crippen LogP contribution in [0, 0.1) is 6.92 Å². The predicted octanol–water partition coefficient (Wildman–Crippen LogP) is -1.44. The number of halogens is 1. The highest BCUT2D eigenvalue weighted by molar-refractivity contribution is 7.09. The lowest BCUT2D eigenvalue weighted by molar-refractivity contribution is -0.695. The van der Waals surface area contributed by atoms with Gasteiger partial charge in [0, 0.05) is 17.5 Å². The van der Waals surface area contributed by atoms with E-state index >= 15 is 0 Å². The van der Waals surface area contributed by atoms with Gasteiger partial charge in [-0.2, -0.15) is 0 Å². The zero-order chi connectivity index (χ0) is 15.2. The van der Waals surface area contributed by atoms with Gasteiger partial charge < -0.3 is 27.9 Å². The van der Waals surface area contributed by atoms with E-state index in [2.05, 4.69) is 10.3 Å². The molecule has 0 spiro atoms. The molecule has 0 bridgehead atoms. The van der Waals surface area contributed by atoms with Crippen molar-refractivity contribution in [1.29, 1.82) is 0 Å². The van der Waals surface area contributed by atoms with Gasteiger partial charge in [0.1, 0.15) is 23.3 Å². The van der Waals surface area contributed by atoms with Crippen LogP contribution in [0.15, 0.2) is 35.7 Å². The molecule has 2 rings (SSSR count). The van der Waals surface area contributed by atoms with Crippen LogP contribution in [0.2, 0.25) is 0 Å². The summed E-state index contributed by atoms with van der Waals surface area (Å²) >= 11 is 1.50. The summed E-state index contributed by atoms with van der Waals surface area (Å²) in [4.78, 5) is 4.30. The lowest BCUT2D eigenvalue weighted by Gasteiger charge is -2.18. The number of aryl methyl sites for hydroxylation is 1. The number of aliphatic hydroxyl groups is 2. The van der Waals surface area contributed by atoms with Crippen LogP contribution < -0.4 is 17.7 Å². The Morgan fingerprint density at radius 3 is 2.50 bits per heavy atom. The maximum Gasteiger partial charge on any atom is 0.130 e. The maximum atomic E-state index is 10.3. The molecule has 3 atom stereocenters. The van der Waals surface area contributed by atoms with E-state index in [1.54, 1.807) is 0 Å². The van der Waals surface area contributed by atoms with Gasteiger partial charge in [-0.25, -0.2) is 4.98 Å². The van der Waals surface area contributed by atoms with Crippen LogP contribution >= 0.6 is 11.3 Å². The lowest BCUT2D eigenvalue weighted by atomic mass is 10.0. The largest absolute Gasteiger partial charge is 1.00 e. The summed E-state index contributed by atoms with van der Waals surface area (Å²) in [6, 6.07) is 9.72. The minimum atomic E-state index is -0.513. The Labute approximate surface area is 141 Å². The van der Waals surface area contributed by atoms with Crippen molar-refractivity contribution in [2.45, 2.75) is 38.5 Å². The molecule has 0 aliphatic carbocycles. The van der Waals surface area contributed by atoms with Gasteiger partial charge in [-0.05, 0) is 19.4 Å². The SMILES string of the molecule is Cc1csc(C(O)CC[NH2+]C(C)C(O)c2ccccc2)n1.[Cl-]. The molecule has 2 aromatic rings. The van der Waals surface area contributed by atoms with Gasteiger partial charge in [-0.1, -0.05) is 30.3 Å². The molecule has 0 aliphatic rings. The quantitative estimate of drug-likeness (QED) is 0.577. The normalized spacial score (nSPS) is 14.9. The summed E-state index contributed by atoms with van der Waals surface area (Å²) in [6.45, 7) is 4.68. The molecule has 3 unspecified atom stereocenters. The van der Waals surface area contributed by atoms with E-state index in [0.717, 1.165) is 22.8 Å². The van der Waals surface area contributed by atoms with Crippen LogP contribution in [0.5, 0.6) is 0 Å². The molecule has 4 nitrogen and oxygen atoms in total. The first-order chi connectivity index (χ1) is 10.1. The van der Waals surface area contributed by atoms with Crippen molar-refractivity contribution in [2.24, 2.45) is 0 Å². The first-order valence-corrected chi connectivity index (χ1v) is 8.12. The number of aliphatic hydroxyl groups excluding tert-OH is 2. The van der Waals surface area contributed by atoms with Crippen molar-refractivity contribution in [3.05, 3.63) is 52.0 Å². The topological polar surface area (TPSA) is 70.0 Å². The lowest BCUT2D eigenvalue weighted by Crippen LogP contribution is -3.00. The summed E-state index contributed by atoms with van der Waals surface area (Å²) in [5.74, 6) is 0. The summed E-state index contributed by atoms with van der Waals surface area (Å²) in [6.07, 6.45) is -0.370. The van der Waals surface area contributed by atoms with Crippen molar-refractivity contribution in [3.8, 4) is 0 Å². The number of hydrogen-bond donors (Lipinski definition) is 3. The van der Waals surface area contributed by atoms with Gasteiger partial charge in [-0.3, -0.25) is 0 Å². The molecule has 0 radical (unpaired) electrons. The van der Waals surface area contributed by atoms with E-state index in [9.17, 15) is 10.2 Å². The van der Waals surface area contributed by atoms with E-state index in [0.29, 0.717) is 6.42 Å². The molecule has 22 heavy (non-hydrogen) atoms. The van der Waals surface area contributed by atoms with Crippen LogP contribution in [0.1, 0.15) is 41.8 Å². The first kappa shape index (κ1) is 19.1. The van der Waals surface area contributed by atoms with E-state index in [1.165, 1.54) is 11.3 Å². The van der Waals surface area contributed by atoms with Crippen LogP contribution in [-0.4, -0.2) is 27.8 Å². The minimum Gasteiger partial charge on any atom is -1.00 e. The Morgan fingerprint density at radius 2 is 1.91 bits per heavy atom. The van der Waals surface area contributed by atoms with Crippen molar-refractivity contribution < 1.29 is 27.9 Å². The molecule has 4 N–H and O–H groups in total. The average Bonchev–Trinajstić information content (AvgIpc) is 2.94. The van der Waals surface area contributed by atoms with Gasteiger partial charge in [0.15, 0.2) is 0 Å². The molecule has 0 saturated heterocycles. The van der Waals surface area contributed by atoms with Gasteiger partial charge in [-0.15, -0.1) is 11.3 Å². The van der Waals surface area contributed by atoms with Crippen molar-refractivity contribution in [2.75, 3.05) is 6.54 Å². The third kappa shape index (κ3) is 5.34. The smallest absolute Gasteiger partial charge is 0.130 e. The number of aromatic nitrogens is 1. The third-order valence-electron chi connectivity index (χ3n) is 3.54. The Bertz CT molecular complexity index is 550. The molecule has 0 saturated carbocycles. The summed E-state index contributed by atoms with van der Waals surface area (Å²) in [5.41, 5.74) is 1.88. The number of thiazole rings is 1. The highest BCUT2D eigenvalue weighted by atomic mass is 35.5. The number of quaternary nitrogens is 1. The van der Waals surface area contributed by atoms with Gasteiger partial charge in [0.2, 0.25) is 0 Å². The second kappa shape index (κ2) is 9.22. The fraction of sp³-hybridized carbons (Fsp3) is 0.438. The molecule has 0 amide bonds. The Morgan fingerprint density at radius 1 is 1.23 bits per heavy atom. The zero-order valence-corrected chi connectivity index (χ0v) is 14.4. The van der Waals surface area contributed by atoms with E-state index in [1.807, 2.05) is 49.6 Å². The molecular formula is C16H23ClN2O2S. The fourth-order valence-electron chi connectivity index (χ4n) is 2.25. The fourth-order valence-corrected chi connectivity index (χ4v) is 3.06. The summed E-state index contributed by atoms with van der Waals surface area (Å²) < 4.78 is 0. The van der Waals surface area contributed by atoms with Gasteiger partial charge in [0.25, 0.3) is 0 Å². The van der Waals surface area contributed by atoms with Crippen LogP contribution in [0.3, 0.4) is 0 Å².